The molecule has 2 atom stereocenters. The summed E-state index contributed by atoms with van der Waals surface area (Å²) in [6.07, 6.45) is 5.04. The van der Waals surface area contributed by atoms with Crippen molar-refractivity contribution >= 4 is 35.1 Å². The average molecular weight is 590 g/mol. The Morgan fingerprint density at radius 2 is 1.62 bits per heavy atom. The number of carbonyl (C=O) groups is 2. The van der Waals surface area contributed by atoms with Crippen LogP contribution < -0.4 is 10.1 Å². The van der Waals surface area contributed by atoms with Crippen molar-refractivity contribution in [3.63, 3.8) is 0 Å². The van der Waals surface area contributed by atoms with E-state index in [1.807, 2.05) is 55.4 Å². The highest BCUT2D eigenvalue weighted by Gasteiger charge is 2.32. The molecule has 0 saturated carbocycles. The first-order chi connectivity index (χ1) is 19.2. The van der Waals surface area contributed by atoms with Crippen molar-refractivity contribution in [2.75, 3.05) is 46.8 Å². The van der Waals surface area contributed by atoms with Gasteiger partial charge in [-0.25, -0.2) is 4.79 Å². The van der Waals surface area contributed by atoms with Gasteiger partial charge in [-0.1, -0.05) is 48.3 Å². The van der Waals surface area contributed by atoms with Crippen LogP contribution >= 0.6 is 23.2 Å². The fraction of sp³-hybridized carbons (Fsp3) is 0.548. The Morgan fingerprint density at radius 1 is 0.975 bits per heavy atom. The molecule has 0 aliphatic carbocycles. The van der Waals surface area contributed by atoms with E-state index in [0.29, 0.717) is 29.6 Å². The largest absolute Gasteiger partial charge is 0.489 e. The summed E-state index contributed by atoms with van der Waals surface area (Å²) in [6.45, 7) is 5.67. The van der Waals surface area contributed by atoms with Crippen LogP contribution in [0.3, 0.4) is 0 Å². The molecule has 0 radical (unpaired) electrons. The van der Waals surface area contributed by atoms with Crippen LogP contribution in [0.4, 0.5) is 4.79 Å². The highest BCUT2D eigenvalue weighted by atomic mass is 35.5. The number of hydrogen-bond donors (Lipinski definition) is 1. The van der Waals surface area contributed by atoms with Gasteiger partial charge in [-0.15, -0.1) is 0 Å². The maximum atomic E-state index is 13.8. The first-order valence-electron chi connectivity index (χ1n) is 14.4. The van der Waals surface area contributed by atoms with Gasteiger partial charge in [-0.05, 0) is 87.5 Å². The van der Waals surface area contributed by atoms with Gasteiger partial charge in [0, 0.05) is 49.2 Å². The predicted octanol–water partition coefficient (Wildman–Crippen LogP) is 5.84. The molecule has 2 aromatic rings. The molecule has 2 aromatic carbocycles. The number of nitrogens with one attached hydrogen (secondary N) is 1. The normalized spacial score (nSPS) is 17.6. The molecule has 0 unspecified atom stereocenters. The summed E-state index contributed by atoms with van der Waals surface area (Å²) in [6, 6.07) is 12.6. The lowest BCUT2D eigenvalue weighted by Gasteiger charge is -2.36. The Bertz CT molecular complexity index is 1130. The van der Waals surface area contributed by atoms with Gasteiger partial charge in [0.2, 0.25) is 5.91 Å². The Morgan fingerprint density at radius 3 is 2.25 bits per heavy atom. The first-order valence-corrected chi connectivity index (χ1v) is 15.2. The van der Waals surface area contributed by atoms with Gasteiger partial charge in [-0.2, -0.15) is 0 Å². The lowest BCUT2D eigenvalue weighted by Crippen LogP contribution is -2.54. The van der Waals surface area contributed by atoms with E-state index in [0.717, 1.165) is 68.6 Å². The molecule has 2 aliphatic rings. The number of ether oxygens (including phenoxy) is 1. The van der Waals surface area contributed by atoms with Crippen molar-refractivity contribution in [2.24, 2.45) is 0 Å². The Labute approximate surface area is 248 Å². The number of carbonyl (C=O) groups excluding carboxylic acids is 2. The van der Waals surface area contributed by atoms with Crippen LogP contribution in [0.2, 0.25) is 10.0 Å². The SMILES string of the molecule is CC[C@@H](CN(C)C)Oc1cc(Cl)ccc1C1CCN(C(=O)[C@@H](Cc2ccc(Cl)cc2)NC(=O)N2CCCC2)CC1. The molecule has 4 rings (SSSR count). The fourth-order valence-electron chi connectivity index (χ4n) is 5.63. The van der Waals surface area contributed by atoms with Gasteiger partial charge in [-0.3, -0.25) is 4.79 Å². The number of rotatable bonds is 10. The molecule has 218 valence electrons. The third kappa shape index (κ3) is 8.27. The maximum absolute atomic E-state index is 13.8. The van der Waals surface area contributed by atoms with Gasteiger partial charge >= 0.3 is 6.03 Å². The van der Waals surface area contributed by atoms with Crippen LogP contribution in [-0.2, 0) is 11.2 Å². The summed E-state index contributed by atoms with van der Waals surface area (Å²) in [5.41, 5.74) is 2.11. The molecule has 2 saturated heterocycles. The van der Waals surface area contributed by atoms with Gasteiger partial charge in [0.1, 0.15) is 17.9 Å². The molecule has 2 fully saturated rings. The Kier molecular flexibility index (Phi) is 11.0. The van der Waals surface area contributed by atoms with Crippen molar-refractivity contribution in [1.29, 1.82) is 0 Å². The summed E-state index contributed by atoms with van der Waals surface area (Å²) >= 11 is 12.4. The quantitative estimate of drug-likeness (QED) is 0.379. The minimum Gasteiger partial charge on any atom is -0.489 e. The second kappa shape index (κ2) is 14.4. The third-order valence-corrected chi connectivity index (χ3v) is 8.37. The van der Waals surface area contributed by atoms with Crippen LogP contribution in [0.15, 0.2) is 42.5 Å². The number of likely N-dealkylation sites (tertiary alicyclic amines) is 2. The van der Waals surface area contributed by atoms with Crippen molar-refractivity contribution in [3.05, 3.63) is 63.6 Å². The van der Waals surface area contributed by atoms with Gasteiger partial charge < -0.3 is 24.8 Å². The molecular formula is C31H42Cl2N4O3. The molecule has 0 bridgehead atoms. The van der Waals surface area contributed by atoms with Crippen LogP contribution in [-0.4, -0.2) is 85.6 Å². The Balaban J connectivity index is 1.44. The number of hydrogen-bond acceptors (Lipinski definition) is 4. The molecule has 2 heterocycles. The monoisotopic (exact) mass is 588 g/mol. The molecule has 0 spiro atoms. The maximum Gasteiger partial charge on any atom is 0.318 e. The minimum absolute atomic E-state index is 0.0365. The highest BCUT2D eigenvalue weighted by Crippen LogP contribution is 2.37. The van der Waals surface area contributed by atoms with E-state index in [9.17, 15) is 9.59 Å². The molecule has 9 heteroatoms. The summed E-state index contributed by atoms with van der Waals surface area (Å²) in [7, 11) is 4.09. The lowest BCUT2D eigenvalue weighted by atomic mass is 9.88. The zero-order valence-electron chi connectivity index (χ0n) is 23.9. The van der Waals surface area contributed by atoms with Crippen LogP contribution in [0.5, 0.6) is 5.75 Å². The van der Waals surface area contributed by atoms with Crippen LogP contribution in [0.25, 0.3) is 0 Å². The van der Waals surface area contributed by atoms with E-state index in [-0.39, 0.29) is 24.0 Å². The van der Waals surface area contributed by atoms with E-state index in [2.05, 4.69) is 23.2 Å². The number of benzene rings is 2. The number of nitrogens with zero attached hydrogens (tertiary/aromatic N) is 3. The van der Waals surface area contributed by atoms with Crippen molar-refractivity contribution in [3.8, 4) is 5.75 Å². The average Bonchev–Trinajstić information content (AvgIpc) is 3.48. The van der Waals surface area contributed by atoms with Gasteiger partial charge in [0.25, 0.3) is 0 Å². The van der Waals surface area contributed by atoms with Crippen LogP contribution in [0.1, 0.15) is 56.1 Å². The second-order valence-electron chi connectivity index (χ2n) is 11.2. The zero-order valence-corrected chi connectivity index (χ0v) is 25.4. The fourth-order valence-corrected chi connectivity index (χ4v) is 5.92. The smallest absolute Gasteiger partial charge is 0.318 e. The molecule has 40 heavy (non-hydrogen) atoms. The number of piperidine rings is 1. The summed E-state index contributed by atoms with van der Waals surface area (Å²) in [4.78, 5) is 32.6. The van der Waals surface area contributed by atoms with E-state index >= 15 is 0 Å². The van der Waals surface area contributed by atoms with E-state index < -0.39 is 6.04 Å². The standard InChI is InChI=1S/C31H42Cl2N4O3/c1-4-26(21-35(2)3)40-29-20-25(33)11-12-27(29)23-13-17-36(18-14-23)30(38)28(19-22-7-9-24(32)10-8-22)34-31(39)37-15-5-6-16-37/h7-12,20,23,26,28H,4-6,13-19,21H2,1-3H3,(H,34,39)/t26-,28+/m0/s1. The topological polar surface area (TPSA) is 65.1 Å². The lowest BCUT2D eigenvalue weighted by molar-refractivity contribution is -0.134. The summed E-state index contributed by atoms with van der Waals surface area (Å²) < 4.78 is 6.45. The second-order valence-corrected chi connectivity index (χ2v) is 12.1. The number of halogens is 2. The van der Waals surface area contributed by atoms with Crippen molar-refractivity contribution < 1.29 is 14.3 Å². The molecule has 3 amide bonds. The minimum atomic E-state index is -0.628. The molecular weight excluding hydrogens is 547 g/mol. The van der Waals surface area contributed by atoms with E-state index in [1.54, 1.807) is 4.90 Å². The zero-order chi connectivity index (χ0) is 28.6. The number of amides is 3. The highest BCUT2D eigenvalue weighted by molar-refractivity contribution is 6.31. The predicted molar refractivity (Wildman–Crippen MR) is 162 cm³/mol. The van der Waals surface area contributed by atoms with E-state index in [4.69, 9.17) is 27.9 Å². The van der Waals surface area contributed by atoms with Gasteiger partial charge in [0.05, 0.1) is 0 Å². The molecule has 2 aliphatic heterocycles. The first kappa shape index (κ1) is 30.5. The molecule has 7 nitrogen and oxygen atoms in total. The Hall–Kier alpha value is -2.48. The molecule has 1 N–H and O–H groups in total. The number of likely N-dealkylation sites (N-methyl/N-ethyl adjacent to an activating group) is 1. The van der Waals surface area contributed by atoms with Gasteiger partial charge in [0.15, 0.2) is 0 Å². The summed E-state index contributed by atoms with van der Waals surface area (Å²) in [5.74, 6) is 1.07. The summed E-state index contributed by atoms with van der Waals surface area (Å²) in [5, 5.41) is 4.35. The van der Waals surface area contributed by atoms with Crippen LogP contribution in [0, 0.1) is 0 Å². The third-order valence-electron chi connectivity index (χ3n) is 7.88. The van der Waals surface area contributed by atoms with E-state index in [1.165, 1.54) is 0 Å². The number of urea groups is 1. The van der Waals surface area contributed by atoms with Crippen molar-refractivity contribution in [2.45, 2.75) is 63.5 Å². The van der Waals surface area contributed by atoms with Crippen molar-refractivity contribution in [1.82, 2.24) is 20.0 Å². The molecule has 0 aromatic heterocycles.